The molecular weight excluding hydrogens is 222 g/mol. The Hall–Kier alpha value is -1.10. The summed E-state index contributed by atoms with van der Waals surface area (Å²) in [4.78, 5) is 23.0. The van der Waals surface area contributed by atoms with Crippen molar-refractivity contribution in [2.45, 2.75) is 51.0 Å². The van der Waals surface area contributed by atoms with Crippen LogP contribution < -0.4 is 5.32 Å². The molecular formula is C12H21NO4. The van der Waals surface area contributed by atoms with E-state index in [1.54, 1.807) is 6.92 Å². The fraction of sp³-hybridized carbons (Fsp3) is 0.833. The molecule has 0 unspecified atom stereocenters. The highest BCUT2D eigenvalue weighted by molar-refractivity contribution is 5.87. The Morgan fingerprint density at radius 3 is 2.29 bits per heavy atom. The van der Waals surface area contributed by atoms with E-state index in [9.17, 15) is 14.7 Å². The molecule has 5 heteroatoms. The van der Waals surface area contributed by atoms with Crippen molar-refractivity contribution in [1.82, 2.24) is 5.32 Å². The van der Waals surface area contributed by atoms with E-state index in [0.29, 0.717) is 19.4 Å². The summed E-state index contributed by atoms with van der Waals surface area (Å²) < 4.78 is 4.99. The van der Waals surface area contributed by atoms with Crippen LogP contribution in [0.25, 0.3) is 0 Å². The molecule has 17 heavy (non-hydrogen) atoms. The third-order valence-corrected chi connectivity index (χ3v) is 3.18. The van der Waals surface area contributed by atoms with Gasteiger partial charge in [-0.2, -0.15) is 0 Å². The number of carboxylic acids is 1. The van der Waals surface area contributed by atoms with Gasteiger partial charge in [0.2, 0.25) is 5.91 Å². The maximum absolute atomic E-state index is 11.6. The highest BCUT2D eigenvalue weighted by Gasteiger charge is 2.39. The van der Waals surface area contributed by atoms with Crippen molar-refractivity contribution in [3.63, 3.8) is 0 Å². The van der Waals surface area contributed by atoms with E-state index >= 15 is 0 Å². The van der Waals surface area contributed by atoms with Crippen molar-refractivity contribution in [2.75, 3.05) is 13.2 Å². The first-order chi connectivity index (χ1) is 8.10. The van der Waals surface area contributed by atoms with Gasteiger partial charge in [0, 0.05) is 6.61 Å². The molecule has 0 heterocycles. The topological polar surface area (TPSA) is 75.6 Å². The second-order valence-electron chi connectivity index (χ2n) is 4.49. The summed E-state index contributed by atoms with van der Waals surface area (Å²) in [6, 6.07) is 0. The third-order valence-electron chi connectivity index (χ3n) is 3.18. The van der Waals surface area contributed by atoms with Crippen LogP contribution in [0, 0.1) is 0 Å². The van der Waals surface area contributed by atoms with Gasteiger partial charge in [-0.3, -0.25) is 4.79 Å². The molecule has 1 aliphatic carbocycles. The van der Waals surface area contributed by atoms with Gasteiger partial charge in [0.25, 0.3) is 0 Å². The normalized spacial score (nSPS) is 19.4. The zero-order chi connectivity index (χ0) is 12.7. The Morgan fingerprint density at radius 1 is 1.24 bits per heavy atom. The molecule has 0 aromatic heterocycles. The Bertz CT molecular complexity index is 270. The molecule has 1 aliphatic rings. The van der Waals surface area contributed by atoms with Gasteiger partial charge in [-0.05, 0) is 19.8 Å². The molecule has 98 valence electrons. The largest absolute Gasteiger partial charge is 0.480 e. The summed E-state index contributed by atoms with van der Waals surface area (Å²) in [5, 5.41) is 12.0. The van der Waals surface area contributed by atoms with Crippen LogP contribution in [0.1, 0.15) is 45.4 Å². The predicted octanol–water partition coefficient (Wildman–Crippen LogP) is 1.32. The van der Waals surface area contributed by atoms with Gasteiger partial charge in [-0.1, -0.05) is 25.7 Å². The van der Waals surface area contributed by atoms with E-state index in [0.717, 1.165) is 25.7 Å². The van der Waals surface area contributed by atoms with Crippen molar-refractivity contribution in [1.29, 1.82) is 0 Å². The molecule has 0 atom stereocenters. The zero-order valence-electron chi connectivity index (χ0n) is 10.3. The van der Waals surface area contributed by atoms with Gasteiger partial charge < -0.3 is 15.2 Å². The SMILES string of the molecule is CCOCC(=O)NC1(C(=O)O)CCCCCC1. The number of carbonyl (C=O) groups excluding carboxylic acids is 1. The fourth-order valence-electron chi connectivity index (χ4n) is 2.22. The minimum absolute atomic E-state index is 0.0640. The number of amides is 1. The predicted molar refractivity (Wildman–Crippen MR) is 62.7 cm³/mol. The minimum atomic E-state index is -1.08. The minimum Gasteiger partial charge on any atom is -0.480 e. The lowest BCUT2D eigenvalue weighted by atomic mass is 9.90. The Labute approximate surface area is 102 Å². The Morgan fingerprint density at radius 2 is 1.82 bits per heavy atom. The van der Waals surface area contributed by atoms with E-state index in [1.807, 2.05) is 0 Å². The first-order valence-corrected chi connectivity index (χ1v) is 6.23. The molecule has 0 bridgehead atoms. The molecule has 5 nitrogen and oxygen atoms in total. The van der Waals surface area contributed by atoms with Gasteiger partial charge >= 0.3 is 5.97 Å². The second-order valence-corrected chi connectivity index (χ2v) is 4.49. The summed E-state index contributed by atoms with van der Waals surface area (Å²) in [6.07, 6.45) is 4.80. The van der Waals surface area contributed by atoms with Gasteiger partial charge in [-0.15, -0.1) is 0 Å². The van der Waals surface area contributed by atoms with Crippen LogP contribution in [-0.4, -0.2) is 35.7 Å². The van der Waals surface area contributed by atoms with E-state index in [-0.39, 0.29) is 12.5 Å². The van der Waals surface area contributed by atoms with E-state index in [4.69, 9.17) is 4.74 Å². The van der Waals surface area contributed by atoms with Gasteiger partial charge in [-0.25, -0.2) is 4.79 Å². The molecule has 0 spiro atoms. The van der Waals surface area contributed by atoms with Crippen LogP contribution in [0.3, 0.4) is 0 Å². The average Bonchev–Trinajstić information content (AvgIpc) is 2.53. The van der Waals surface area contributed by atoms with Crippen molar-refractivity contribution < 1.29 is 19.4 Å². The van der Waals surface area contributed by atoms with Crippen molar-refractivity contribution >= 4 is 11.9 Å². The van der Waals surface area contributed by atoms with Crippen molar-refractivity contribution in [3.05, 3.63) is 0 Å². The van der Waals surface area contributed by atoms with Crippen LogP contribution in [0.5, 0.6) is 0 Å². The lowest BCUT2D eigenvalue weighted by Crippen LogP contribution is -2.55. The van der Waals surface area contributed by atoms with Crippen molar-refractivity contribution in [2.24, 2.45) is 0 Å². The van der Waals surface area contributed by atoms with Crippen LogP contribution in [0.4, 0.5) is 0 Å². The maximum atomic E-state index is 11.6. The molecule has 0 aliphatic heterocycles. The molecule has 2 N–H and O–H groups in total. The van der Waals surface area contributed by atoms with Gasteiger partial charge in [0.15, 0.2) is 0 Å². The monoisotopic (exact) mass is 243 g/mol. The van der Waals surface area contributed by atoms with Gasteiger partial charge in [0.05, 0.1) is 0 Å². The number of ether oxygens (including phenoxy) is 1. The first kappa shape index (κ1) is 14.0. The lowest BCUT2D eigenvalue weighted by Gasteiger charge is -2.29. The number of aliphatic carboxylic acids is 1. The lowest BCUT2D eigenvalue weighted by molar-refractivity contribution is -0.149. The van der Waals surface area contributed by atoms with Crippen molar-refractivity contribution in [3.8, 4) is 0 Å². The maximum Gasteiger partial charge on any atom is 0.329 e. The molecule has 1 rings (SSSR count). The highest BCUT2D eigenvalue weighted by atomic mass is 16.5. The van der Waals surface area contributed by atoms with E-state index in [2.05, 4.69) is 5.32 Å². The Balaban J connectivity index is 2.63. The average molecular weight is 243 g/mol. The molecule has 0 aromatic rings. The standard InChI is InChI=1S/C12H21NO4/c1-2-17-9-10(14)13-12(11(15)16)7-5-3-4-6-8-12/h2-9H2,1H3,(H,13,14)(H,15,16). The summed E-state index contributed by atoms with van der Waals surface area (Å²) in [5.74, 6) is -1.26. The molecule has 0 radical (unpaired) electrons. The van der Waals surface area contributed by atoms with E-state index in [1.165, 1.54) is 0 Å². The molecule has 0 saturated heterocycles. The number of rotatable bonds is 5. The number of hydrogen-bond acceptors (Lipinski definition) is 3. The smallest absolute Gasteiger partial charge is 0.329 e. The highest BCUT2D eigenvalue weighted by Crippen LogP contribution is 2.27. The third kappa shape index (κ3) is 4.00. The Kier molecular flexibility index (Phi) is 5.41. The number of nitrogens with one attached hydrogen (secondary N) is 1. The summed E-state index contributed by atoms with van der Waals surface area (Å²) >= 11 is 0. The zero-order valence-corrected chi connectivity index (χ0v) is 10.3. The fourth-order valence-corrected chi connectivity index (χ4v) is 2.22. The molecule has 1 fully saturated rings. The molecule has 0 aromatic carbocycles. The van der Waals surface area contributed by atoms with Crippen LogP contribution in [0.2, 0.25) is 0 Å². The number of carbonyl (C=O) groups is 2. The van der Waals surface area contributed by atoms with E-state index < -0.39 is 11.5 Å². The number of hydrogen-bond donors (Lipinski definition) is 2. The van der Waals surface area contributed by atoms with Crippen LogP contribution in [-0.2, 0) is 14.3 Å². The summed E-state index contributed by atoms with van der Waals surface area (Å²) in [6.45, 7) is 2.19. The molecule has 1 saturated carbocycles. The summed E-state index contributed by atoms with van der Waals surface area (Å²) in [7, 11) is 0. The summed E-state index contributed by atoms with van der Waals surface area (Å²) in [5.41, 5.74) is -1.08. The van der Waals surface area contributed by atoms with Crippen LogP contribution >= 0.6 is 0 Å². The first-order valence-electron chi connectivity index (χ1n) is 6.23. The number of carboxylic acid groups (broad SMARTS) is 1. The molecule has 1 amide bonds. The quantitative estimate of drug-likeness (QED) is 0.714. The van der Waals surface area contributed by atoms with Crippen LogP contribution in [0.15, 0.2) is 0 Å². The van der Waals surface area contributed by atoms with Gasteiger partial charge in [0.1, 0.15) is 12.1 Å². The second kappa shape index (κ2) is 6.59.